The number of hydrogen-bond acceptors (Lipinski definition) is 4. The summed E-state index contributed by atoms with van der Waals surface area (Å²) in [5.41, 5.74) is -0.0846. The molecule has 2 rings (SSSR count). The van der Waals surface area contributed by atoms with Crippen LogP contribution in [0.25, 0.3) is 0 Å². The number of carbonyl (C=O) groups excluding carboxylic acids is 1. The van der Waals surface area contributed by atoms with E-state index in [2.05, 4.69) is 15.6 Å². The molecule has 0 spiro atoms. The van der Waals surface area contributed by atoms with Crippen molar-refractivity contribution in [3.05, 3.63) is 11.9 Å². The fourth-order valence-electron chi connectivity index (χ4n) is 2.31. The molecule has 1 heterocycles. The average Bonchev–Trinajstić information content (AvgIpc) is 2.89. The molecule has 104 valence electrons. The summed E-state index contributed by atoms with van der Waals surface area (Å²) >= 11 is 0. The lowest BCUT2D eigenvalue weighted by Crippen LogP contribution is -2.34. The average molecular weight is 266 g/mol. The lowest BCUT2D eigenvalue weighted by molar-refractivity contribution is -0.125. The van der Waals surface area contributed by atoms with Crippen LogP contribution < -0.4 is 5.32 Å². The van der Waals surface area contributed by atoms with E-state index >= 15 is 0 Å². The molecule has 0 radical (unpaired) electrons. The first kappa shape index (κ1) is 13.5. The number of nitrogens with one attached hydrogen (secondary N) is 1. The van der Waals surface area contributed by atoms with Gasteiger partial charge in [-0.05, 0) is 12.8 Å². The van der Waals surface area contributed by atoms with Gasteiger partial charge in [0.2, 0.25) is 5.91 Å². The summed E-state index contributed by atoms with van der Waals surface area (Å²) < 4.78 is 1.42. The predicted octanol–water partition coefficient (Wildman–Crippen LogP) is 0.673. The third-order valence-electron chi connectivity index (χ3n) is 3.37. The van der Waals surface area contributed by atoms with E-state index in [0.29, 0.717) is 13.1 Å². The van der Waals surface area contributed by atoms with E-state index in [9.17, 15) is 9.59 Å². The molecule has 1 aromatic heterocycles. The van der Waals surface area contributed by atoms with Crippen LogP contribution in [0.15, 0.2) is 6.20 Å². The minimum absolute atomic E-state index is 0.0846. The smallest absolute Gasteiger partial charge is 0.358 e. The Bertz CT molecular complexity index is 452. The van der Waals surface area contributed by atoms with E-state index < -0.39 is 5.97 Å². The zero-order valence-electron chi connectivity index (χ0n) is 10.7. The van der Waals surface area contributed by atoms with Gasteiger partial charge in [-0.2, -0.15) is 0 Å². The minimum Gasteiger partial charge on any atom is -0.476 e. The summed E-state index contributed by atoms with van der Waals surface area (Å²) in [7, 11) is 0. The molecule has 1 aliphatic carbocycles. The Hall–Kier alpha value is -1.92. The van der Waals surface area contributed by atoms with Crippen molar-refractivity contribution in [1.29, 1.82) is 0 Å². The van der Waals surface area contributed by atoms with E-state index in [-0.39, 0.29) is 17.5 Å². The van der Waals surface area contributed by atoms with Gasteiger partial charge in [-0.1, -0.05) is 24.5 Å². The van der Waals surface area contributed by atoms with Gasteiger partial charge in [-0.3, -0.25) is 4.79 Å². The second-order valence-electron chi connectivity index (χ2n) is 4.80. The molecule has 7 nitrogen and oxygen atoms in total. The summed E-state index contributed by atoms with van der Waals surface area (Å²) in [6.45, 7) is 0.872. The van der Waals surface area contributed by atoms with Crippen molar-refractivity contribution >= 4 is 11.9 Å². The van der Waals surface area contributed by atoms with Crippen LogP contribution in [0.4, 0.5) is 0 Å². The van der Waals surface area contributed by atoms with Gasteiger partial charge in [-0.25, -0.2) is 9.48 Å². The monoisotopic (exact) mass is 266 g/mol. The van der Waals surface area contributed by atoms with Gasteiger partial charge in [0.15, 0.2) is 5.69 Å². The molecule has 0 aliphatic heterocycles. The lowest BCUT2D eigenvalue weighted by atomic mass is 9.89. The van der Waals surface area contributed by atoms with Crippen molar-refractivity contribution in [2.75, 3.05) is 6.54 Å². The number of hydrogen-bond donors (Lipinski definition) is 2. The van der Waals surface area contributed by atoms with Gasteiger partial charge < -0.3 is 10.4 Å². The molecule has 0 saturated heterocycles. The number of carbonyl (C=O) groups is 2. The summed E-state index contributed by atoms with van der Waals surface area (Å²) in [4.78, 5) is 22.5. The number of aromatic nitrogens is 3. The van der Waals surface area contributed by atoms with Crippen molar-refractivity contribution in [3.63, 3.8) is 0 Å². The number of carboxylic acids is 1. The number of carboxylic acid groups (broad SMARTS) is 1. The van der Waals surface area contributed by atoms with Crippen molar-refractivity contribution < 1.29 is 14.7 Å². The highest BCUT2D eigenvalue weighted by Gasteiger charge is 2.20. The highest BCUT2D eigenvalue weighted by Crippen LogP contribution is 2.23. The van der Waals surface area contributed by atoms with Gasteiger partial charge in [-0.15, -0.1) is 5.10 Å². The van der Waals surface area contributed by atoms with Crippen molar-refractivity contribution in [3.8, 4) is 0 Å². The molecular weight excluding hydrogens is 248 g/mol. The van der Waals surface area contributed by atoms with Crippen LogP contribution in [0.5, 0.6) is 0 Å². The molecule has 1 aliphatic rings. The van der Waals surface area contributed by atoms with Crippen LogP contribution in [0, 0.1) is 5.92 Å². The zero-order chi connectivity index (χ0) is 13.7. The lowest BCUT2D eigenvalue weighted by Gasteiger charge is -2.20. The summed E-state index contributed by atoms with van der Waals surface area (Å²) in [5.74, 6) is -0.866. The zero-order valence-corrected chi connectivity index (χ0v) is 10.7. The number of aromatic carboxylic acids is 1. The third kappa shape index (κ3) is 3.77. The van der Waals surface area contributed by atoms with Crippen LogP contribution >= 0.6 is 0 Å². The van der Waals surface area contributed by atoms with Crippen LogP contribution in [-0.2, 0) is 11.3 Å². The maximum Gasteiger partial charge on any atom is 0.358 e. The van der Waals surface area contributed by atoms with Crippen LogP contribution in [-0.4, -0.2) is 38.5 Å². The molecule has 7 heteroatoms. The maximum atomic E-state index is 11.9. The van der Waals surface area contributed by atoms with Gasteiger partial charge >= 0.3 is 5.97 Å². The first-order chi connectivity index (χ1) is 9.16. The molecule has 0 aromatic carbocycles. The standard InChI is InChI=1S/C12H18N4O3/c17-11(9-4-2-1-3-5-9)13-6-7-16-8-10(12(18)19)14-15-16/h8-9H,1-7H2,(H,13,17)(H,18,19). The summed E-state index contributed by atoms with van der Waals surface area (Å²) in [6.07, 6.45) is 6.78. The van der Waals surface area contributed by atoms with E-state index in [1.54, 1.807) is 0 Å². The molecular formula is C12H18N4O3. The predicted molar refractivity (Wildman–Crippen MR) is 66.6 cm³/mol. The number of amides is 1. The van der Waals surface area contributed by atoms with E-state index in [0.717, 1.165) is 25.7 Å². The Morgan fingerprint density at radius 1 is 1.37 bits per heavy atom. The van der Waals surface area contributed by atoms with Crippen LogP contribution in [0.2, 0.25) is 0 Å². The summed E-state index contributed by atoms with van der Waals surface area (Å²) in [6, 6.07) is 0. The highest BCUT2D eigenvalue weighted by molar-refractivity contribution is 5.84. The van der Waals surface area contributed by atoms with Crippen molar-refractivity contribution in [2.24, 2.45) is 5.92 Å². The first-order valence-corrected chi connectivity index (χ1v) is 6.58. The van der Waals surface area contributed by atoms with Crippen LogP contribution in [0.1, 0.15) is 42.6 Å². The van der Waals surface area contributed by atoms with Gasteiger partial charge in [0.25, 0.3) is 0 Å². The van der Waals surface area contributed by atoms with Crippen LogP contribution in [0.3, 0.4) is 0 Å². The normalized spacial score (nSPS) is 16.2. The SMILES string of the molecule is O=C(O)c1cn(CCNC(=O)C2CCCCC2)nn1. The molecule has 0 bridgehead atoms. The van der Waals surface area contributed by atoms with E-state index in [1.165, 1.54) is 17.3 Å². The number of rotatable bonds is 5. The molecule has 2 N–H and O–H groups in total. The van der Waals surface area contributed by atoms with Gasteiger partial charge in [0, 0.05) is 12.5 Å². The first-order valence-electron chi connectivity index (χ1n) is 6.58. The van der Waals surface area contributed by atoms with Gasteiger partial charge in [0.1, 0.15) is 0 Å². The topological polar surface area (TPSA) is 97.1 Å². The fourth-order valence-corrected chi connectivity index (χ4v) is 2.31. The molecule has 1 amide bonds. The molecule has 0 atom stereocenters. The minimum atomic E-state index is -1.10. The number of nitrogens with zero attached hydrogens (tertiary/aromatic N) is 3. The largest absolute Gasteiger partial charge is 0.476 e. The second-order valence-corrected chi connectivity index (χ2v) is 4.80. The fraction of sp³-hybridized carbons (Fsp3) is 0.667. The van der Waals surface area contributed by atoms with Crippen molar-refractivity contribution in [2.45, 2.75) is 38.6 Å². The Labute approximate surface area is 111 Å². The quantitative estimate of drug-likeness (QED) is 0.816. The third-order valence-corrected chi connectivity index (χ3v) is 3.37. The van der Waals surface area contributed by atoms with E-state index in [4.69, 9.17) is 5.11 Å². The second kappa shape index (κ2) is 6.31. The Morgan fingerprint density at radius 3 is 2.74 bits per heavy atom. The Balaban J connectivity index is 1.73. The Morgan fingerprint density at radius 2 is 2.11 bits per heavy atom. The molecule has 19 heavy (non-hydrogen) atoms. The highest BCUT2D eigenvalue weighted by atomic mass is 16.4. The molecule has 1 fully saturated rings. The van der Waals surface area contributed by atoms with Crippen molar-refractivity contribution in [1.82, 2.24) is 20.3 Å². The Kier molecular flexibility index (Phi) is 4.48. The van der Waals surface area contributed by atoms with E-state index in [1.807, 2.05) is 0 Å². The summed E-state index contributed by atoms with van der Waals surface area (Å²) in [5, 5.41) is 18.7. The molecule has 1 aromatic rings. The maximum absolute atomic E-state index is 11.9. The molecule has 1 saturated carbocycles. The van der Waals surface area contributed by atoms with Gasteiger partial charge in [0.05, 0.1) is 12.7 Å². The molecule has 0 unspecified atom stereocenters.